The minimum Gasteiger partial charge on any atom is -0.294 e. The van der Waals surface area contributed by atoms with Crippen molar-refractivity contribution in [2.45, 2.75) is 39.0 Å². The van der Waals surface area contributed by atoms with Crippen LogP contribution in [-0.2, 0) is 12.8 Å². The second-order valence-corrected chi connectivity index (χ2v) is 3.98. The summed E-state index contributed by atoms with van der Waals surface area (Å²) >= 11 is 0. The van der Waals surface area contributed by atoms with Gasteiger partial charge in [-0.15, -0.1) is 0 Å². The standard InChI is InChI=1S/C13H16O/c1-2-5-10-6-3-7-11-8-4-9-12(14)13(10)11/h3,6-7H,2,4-5,8-9H2,1H3. The molecular weight excluding hydrogens is 172 g/mol. The first-order valence-corrected chi connectivity index (χ1v) is 5.47. The highest BCUT2D eigenvalue weighted by molar-refractivity contribution is 5.99. The fourth-order valence-electron chi connectivity index (χ4n) is 2.26. The molecule has 0 atom stereocenters. The summed E-state index contributed by atoms with van der Waals surface area (Å²) in [6.07, 6.45) is 5.01. The van der Waals surface area contributed by atoms with Crippen LogP contribution in [0.2, 0.25) is 0 Å². The Morgan fingerprint density at radius 2 is 2.14 bits per heavy atom. The first-order chi connectivity index (χ1) is 6.83. The van der Waals surface area contributed by atoms with Gasteiger partial charge in [-0.1, -0.05) is 31.5 Å². The van der Waals surface area contributed by atoms with Gasteiger partial charge >= 0.3 is 0 Å². The highest BCUT2D eigenvalue weighted by Gasteiger charge is 2.19. The average Bonchev–Trinajstić information content (AvgIpc) is 2.19. The third kappa shape index (κ3) is 1.59. The molecule has 14 heavy (non-hydrogen) atoms. The van der Waals surface area contributed by atoms with Crippen molar-refractivity contribution in [3.63, 3.8) is 0 Å². The maximum atomic E-state index is 11.8. The lowest BCUT2D eigenvalue weighted by atomic mass is 9.86. The van der Waals surface area contributed by atoms with E-state index in [9.17, 15) is 4.79 Å². The number of hydrogen-bond donors (Lipinski definition) is 0. The van der Waals surface area contributed by atoms with E-state index in [-0.39, 0.29) is 0 Å². The number of carbonyl (C=O) groups excluding carboxylic acids is 1. The molecule has 1 aliphatic rings. The second-order valence-electron chi connectivity index (χ2n) is 3.98. The van der Waals surface area contributed by atoms with Crippen LogP contribution < -0.4 is 0 Å². The molecule has 0 amide bonds. The van der Waals surface area contributed by atoms with Crippen LogP contribution in [-0.4, -0.2) is 5.78 Å². The van der Waals surface area contributed by atoms with Gasteiger partial charge in [0.1, 0.15) is 0 Å². The van der Waals surface area contributed by atoms with Crippen LogP contribution in [0.15, 0.2) is 18.2 Å². The van der Waals surface area contributed by atoms with E-state index >= 15 is 0 Å². The van der Waals surface area contributed by atoms with E-state index < -0.39 is 0 Å². The number of hydrogen-bond acceptors (Lipinski definition) is 1. The first-order valence-electron chi connectivity index (χ1n) is 5.47. The molecule has 0 saturated heterocycles. The summed E-state index contributed by atoms with van der Waals surface area (Å²) in [6.45, 7) is 2.16. The van der Waals surface area contributed by atoms with Gasteiger partial charge in [0.15, 0.2) is 5.78 Å². The smallest absolute Gasteiger partial charge is 0.163 e. The van der Waals surface area contributed by atoms with Gasteiger partial charge in [0, 0.05) is 12.0 Å². The molecular formula is C13H16O. The van der Waals surface area contributed by atoms with Crippen LogP contribution in [0.4, 0.5) is 0 Å². The lowest BCUT2D eigenvalue weighted by molar-refractivity contribution is 0.0971. The van der Waals surface area contributed by atoms with Gasteiger partial charge in [-0.05, 0) is 30.4 Å². The molecule has 1 nitrogen and oxygen atoms in total. The van der Waals surface area contributed by atoms with E-state index in [0.717, 1.165) is 37.7 Å². The van der Waals surface area contributed by atoms with Gasteiger partial charge in [0.05, 0.1) is 0 Å². The van der Waals surface area contributed by atoms with E-state index in [1.165, 1.54) is 11.1 Å². The summed E-state index contributed by atoms with van der Waals surface area (Å²) in [4.78, 5) is 11.8. The molecule has 0 spiro atoms. The van der Waals surface area contributed by atoms with Gasteiger partial charge in [-0.3, -0.25) is 4.79 Å². The van der Waals surface area contributed by atoms with Crippen molar-refractivity contribution in [3.05, 3.63) is 34.9 Å². The predicted octanol–water partition coefficient (Wildman–Crippen LogP) is 3.16. The Morgan fingerprint density at radius 3 is 2.93 bits per heavy atom. The van der Waals surface area contributed by atoms with Crippen LogP contribution in [0.25, 0.3) is 0 Å². The van der Waals surface area contributed by atoms with Crippen molar-refractivity contribution in [3.8, 4) is 0 Å². The highest BCUT2D eigenvalue weighted by Crippen LogP contribution is 2.25. The predicted molar refractivity (Wildman–Crippen MR) is 57.7 cm³/mol. The lowest BCUT2D eigenvalue weighted by Gasteiger charge is -2.17. The van der Waals surface area contributed by atoms with Crippen LogP contribution in [0.3, 0.4) is 0 Å². The molecule has 74 valence electrons. The molecule has 0 saturated carbocycles. The largest absolute Gasteiger partial charge is 0.294 e. The average molecular weight is 188 g/mol. The SMILES string of the molecule is CCCc1cccc2c1C(=O)CCC2. The number of Topliss-reactive ketones (excluding diaryl/α,β-unsaturated/α-hetero) is 1. The second kappa shape index (κ2) is 3.95. The molecule has 0 bridgehead atoms. The Bertz CT molecular complexity index is 352. The molecule has 0 radical (unpaired) electrons. The molecule has 1 aliphatic carbocycles. The summed E-state index contributed by atoms with van der Waals surface area (Å²) in [5, 5.41) is 0. The maximum Gasteiger partial charge on any atom is 0.163 e. The molecule has 1 heteroatoms. The van der Waals surface area contributed by atoms with Gasteiger partial charge in [0.25, 0.3) is 0 Å². The fourth-order valence-corrected chi connectivity index (χ4v) is 2.26. The Hall–Kier alpha value is -1.11. The van der Waals surface area contributed by atoms with E-state index in [1.807, 2.05) is 0 Å². The molecule has 2 rings (SSSR count). The number of carbonyl (C=O) groups is 1. The summed E-state index contributed by atoms with van der Waals surface area (Å²) in [7, 11) is 0. The van der Waals surface area contributed by atoms with E-state index in [2.05, 4.69) is 25.1 Å². The number of rotatable bonds is 2. The molecule has 0 aromatic heterocycles. The minimum absolute atomic E-state index is 0.357. The zero-order valence-electron chi connectivity index (χ0n) is 8.68. The Kier molecular flexibility index (Phi) is 2.67. The third-order valence-corrected chi connectivity index (χ3v) is 2.89. The quantitative estimate of drug-likeness (QED) is 0.696. The minimum atomic E-state index is 0.357. The van der Waals surface area contributed by atoms with Crippen LogP contribution in [0, 0.1) is 0 Å². The molecule has 0 N–H and O–H groups in total. The summed E-state index contributed by atoms with van der Waals surface area (Å²) in [6, 6.07) is 6.29. The number of aryl methyl sites for hydroxylation is 2. The lowest BCUT2D eigenvalue weighted by Crippen LogP contribution is -2.13. The zero-order chi connectivity index (χ0) is 9.97. The van der Waals surface area contributed by atoms with Crippen molar-refractivity contribution >= 4 is 5.78 Å². The normalized spacial score (nSPS) is 15.4. The summed E-state index contributed by atoms with van der Waals surface area (Å²) < 4.78 is 0. The van der Waals surface area contributed by atoms with Gasteiger partial charge < -0.3 is 0 Å². The van der Waals surface area contributed by atoms with E-state index in [1.54, 1.807) is 0 Å². The van der Waals surface area contributed by atoms with Crippen LogP contribution in [0.1, 0.15) is 47.7 Å². The first kappa shape index (κ1) is 9.45. The molecule has 0 heterocycles. The van der Waals surface area contributed by atoms with Crippen molar-refractivity contribution < 1.29 is 4.79 Å². The van der Waals surface area contributed by atoms with Gasteiger partial charge in [0.2, 0.25) is 0 Å². The molecule has 1 aromatic rings. The number of benzene rings is 1. The molecule has 0 fully saturated rings. The molecule has 0 unspecified atom stereocenters. The van der Waals surface area contributed by atoms with Crippen molar-refractivity contribution in [1.29, 1.82) is 0 Å². The number of fused-ring (bicyclic) bond motifs is 1. The monoisotopic (exact) mass is 188 g/mol. The van der Waals surface area contributed by atoms with Crippen molar-refractivity contribution in [1.82, 2.24) is 0 Å². The Balaban J connectivity index is 2.46. The third-order valence-electron chi connectivity index (χ3n) is 2.89. The topological polar surface area (TPSA) is 17.1 Å². The van der Waals surface area contributed by atoms with Gasteiger partial charge in [-0.2, -0.15) is 0 Å². The Morgan fingerprint density at radius 1 is 1.29 bits per heavy atom. The maximum absolute atomic E-state index is 11.8. The van der Waals surface area contributed by atoms with Crippen molar-refractivity contribution in [2.24, 2.45) is 0 Å². The van der Waals surface area contributed by atoms with E-state index in [0.29, 0.717) is 5.78 Å². The van der Waals surface area contributed by atoms with Crippen molar-refractivity contribution in [2.75, 3.05) is 0 Å². The van der Waals surface area contributed by atoms with Crippen LogP contribution >= 0.6 is 0 Å². The van der Waals surface area contributed by atoms with Crippen LogP contribution in [0.5, 0.6) is 0 Å². The molecule has 1 aromatic carbocycles. The highest BCUT2D eigenvalue weighted by atomic mass is 16.1. The summed E-state index contributed by atoms with van der Waals surface area (Å²) in [5.74, 6) is 0.357. The van der Waals surface area contributed by atoms with E-state index in [4.69, 9.17) is 0 Å². The zero-order valence-corrected chi connectivity index (χ0v) is 8.68. The fraction of sp³-hybridized carbons (Fsp3) is 0.462. The molecule has 0 aliphatic heterocycles. The summed E-state index contributed by atoms with van der Waals surface area (Å²) in [5.41, 5.74) is 3.57. The van der Waals surface area contributed by atoms with Gasteiger partial charge in [-0.25, -0.2) is 0 Å². The number of ketones is 1. The Labute approximate surface area is 85.1 Å².